The second-order valence-corrected chi connectivity index (χ2v) is 2.78. The Morgan fingerprint density at radius 3 is 2.94 bits per heavy atom. The summed E-state index contributed by atoms with van der Waals surface area (Å²) in [5.41, 5.74) is 0.0853. The number of aromatic nitrogens is 1. The molecule has 0 fully saturated rings. The SMILES string of the molecule is COc1ncc([N+](=O)[O-])cc1CNC(=O)O. The molecule has 0 aliphatic rings. The van der Waals surface area contributed by atoms with Crippen molar-refractivity contribution < 1.29 is 19.6 Å². The van der Waals surface area contributed by atoms with Crippen molar-refractivity contribution in [2.24, 2.45) is 0 Å². The van der Waals surface area contributed by atoms with Crippen LogP contribution in [0.15, 0.2) is 12.3 Å². The number of nitro groups is 1. The molecule has 1 amide bonds. The number of nitrogens with zero attached hydrogens (tertiary/aromatic N) is 2. The maximum atomic E-state index is 10.5. The summed E-state index contributed by atoms with van der Waals surface area (Å²) in [4.78, 5) is 23.8. The van der Waals surface area contributed by atoms with Crippen molar-refractivity contribution >= 4 is 11.8 Å². The number of hydrogen-bond donors (Lipinski definition) is 2. The van der Waals surface area contributed by atoms with Crippen LogP contribution in [0.25, 0.3) is 0 Å². The predicted molar refractivity (Wildman–Crippen MR) is 52.3 cm³/mol. The first-order valence-electron chi connectivity index (χ1n) is 4.18. The molecule has 8 nitrogen and oxygen atoms in total. The maximum absolute atomic E-state index is 10.5. The lowest BCUT2D eigenvalue weighted by Crippen LogP contribution is -2.20. The minimum Gasteiger partial charge on any atom is -0.481 e. The lowest BCUT2D eigenvalue weighted by Gasteiger charge is -2.06. The number of rotatable bonds is 4. The number of ether oxygens (including phenoxy) is 1. The van der Waals surface area contributed by atoms with Gasteiger partial charge in [0.25, 0.3) is 5.69 Å². The summed E-state index contributed by atoms with van der Waals surface area (Å²) in [6.07, 6.45) is -0.183. The van der Waals surface area contributed by atoms with Crippen molar-refractivity contribution in [2.75, 3.05) is 7.11 Å². The zero-order valence-electron chi connectivity index (χ0n) is 8.34. The molecule has 16 heavy (non-hydrogen) atoms. The molecule has 1 heterocycles. The summed E-state index contributed by atoms with van der Waals surface area (Å²) < 4.78 is 4.85. The minimum absolute atomic E-state index is 0.104. The Morgan fingerprint density at radius 2 is 2.44 bits per heavy atom. The molecule has 0 spiro atoms. The molecule has 1 aromatic rings. The van der Waals surface area contributed by atoms with Gasteiger partial charge < -0.3 is 15.2 Å². The lowest BCUT2D eigenvalue weighted by molar-refractivity contribution is -0.385. The van der Waals surface area contributed by atoms with E-state index >= 15 is 0 Å². The third-order valence-corrected chi connectivity index (χ3v) is 1.75. The highest BCUT2D eigenvalue weighted by molar-refractivity contribution is 5.64. The Hall–Kier alpha value is -2.38. The van der Waals surface area contributed by atoms with Crippen molar-refractivity contribution in [3.8, 4) is 5.88 Å². The summed E-state index contributed by atoms with van der Waals surface area (Å²) in [7, 11) is 1.35. The molecule has 1 aromatic heterocycles. The molecule has 2 N–H and O–H groups in total. The highest BCUT2D eigenvalue weighted by atomic mass is 16.6. The number of hydrogen-bond acceptors (Lipinski definition) is 5. The van der Waals surface area contributed by atoms with Gasteiger partial charge in [0.15, 0.2) is 0 Å². The van der Waals surface area contributed by atoms with Gasteiger partial charge in [0.05, 0.1) is 18.6 Å². The standard InChI is InChI=1S/C8H9N3O5/c1-16-7-5(3-10-8(12)13)2-6(4-9-7)11(14)15/h2,4,10H,3H2,1H3,(H,12,13). The fraction of sp³-hybridized carbons (Fsp3) is 0.250. The first kappa shape index (κ1) is 11.7. The van der Waals surface area contributed by atoms with Gasteiger partial charge in [-0.05, 0) is 0 Å². The summed E-state index contributed by atoms with van der Waals surface area (Å²) in [5.74, 6) is 0.152. The number of carbonyl (C=O) groups is 1. The van der Waals surface area contributed by atoms with Crippen LogP contribution >= 0.6 is 0 Å². The second kappa shape index (κ2) is 4.91. The predicted octanol–water partition coefficient (Wildman–Crippen LogP) is 0.766. The molecule has 0 unspecified atom stereocenters. The Labute approximate surface area is 90.0 Å². The Morgan fingerprint density at radius 1 is 1.75 bits per heavy atom. The average molecular weight is 227 g/mol. The average Bonchev–Trinajstić information content (AvgIpc) is 2.25. The summed E-state index contributed by atoms with van der Waals surface area (Å²) in [6, 6.07) is 1.21. The molecule has 1 rings (SSSR count). The van der Waals surface area contributed by atoms with Gasteiger partial charge in [-0.1, -0.05) is 0 Å². The molecular weight excluding hydrogens is 218 g/mol. The minimum atomic E-state index is -1.23. The van der Waals surface area contributed by atoms with Gasteiger partial charge in [0.1, 0.15) is 6.20 Å². The maximum Gasteiger partial charge on any atom is 0.404 e. The molecule has 0 bridgehead atoms. The molecule has 8 heteroatoms. The van der Waals surface area contributed by atoms with Crippen LogP contribution < -0.4 is 10.1 Å². The smallest absolute Gasteiger partial charge is 0.404 e. The largest absolute Gasteiger partial charge is 0.481 e. The Bertz CT molecular complexity index is 420. The van der Waals surface area contributed by atoms with Gasteiger partial charge in [-0.15, -0.1) is 0 Å². The zero-order valence-corrected chi connectivity index (χ0v) is 8.34. The van der Waals surface area contributed by atoms with Crippen molar-refractivity contribution in [2.45, 2.75) is 6.54 Å². The highest BCUT2D eigenvalue weighted by Crippen LogP contribution is 2.20. The molecule has 0 aliphatic heterocycles. The summed E-state index contributed by atoms with van der Waals surface area (Å²) in [5, 5.41) is 21.0. The van der Waals surface area contributed by atoms with Crippen LogP contribution in [0.3, 0.4) is 0 Å². The van der Waals surface area contributed by atoms with Crippen molar-refractivity contribution in [1.29, 1.82) is 0 Å². The van der Waals surface area contributed by atoms with E-state index < -0.39 is 11.0 Å². The van der Waals surface area contributed by atoms with Crippen molar-refractivity contribution in [3.05, 3.63) is 27.9 Å². The third kappa shape index (κ3) is 2.80. The summed E-state index contributed by atoms with van der Waals surface area (Å²) >= 11 is 0. The molecule has 0 aromatic carbocycles. The van der Waals surface area contributed by atoms with E-state index in [1.54, 1.807) is 0 Å². The van der Waals surface area contributed by atoms with E-state index in [4.69, 9.17) is 9.84 Å². The Kier molecular flexibility index (Phi) is 3.59. The summed E-state index contributed by atoms with van der Waals surface area (Å²) in [6.45, 7) is -0.104. The molecule has 0 saturated heterocycles. The van der Waals surface area contributed by atoms with E-state index in [2.05, 4.69) is 10.3 Å². The van der Waals surface area contributed by atoms with Crippen LogP contribution in [0.2, 0.25) is 0 Å². The van der Waals surface area contributed by atoms with Crippen LogP contribution in [0.5, 0.6) is 5.88 Å². The van der Waals surface area contributed by atoms with E-state index in [1.807, 2.05) is 0 Å². The van der Waals surface area contributed by atoms with Crippen LogP contribution in [-0.2, 0) is 6.54 Å². The molecule has 0 radical (unpaired) electrons. The van der Waals surface area contributed by atoms with Gasteiger partial charge in [0, 0.05) is 11.6 Å². The first-order chi connectivity index (χ1) is 7.54. The highest BCUT2D eigenvalue weighted by Gasteiger charge is 2.13. The molecule has 0 atom stereocenters. The number of amides is 1. The molecule has 86 valence electrons. The van der Waals surface area contributed by atoms with Gasteiger partial charge in [0.2, 0.25) is 5.88 Å². The molecule has 0 aliphatic carbocycles. The van der Waals surface area contributed by atoms with Gasteiger partial charge in [-0.25, -0.2) is 9.78 Å². The van der Waals surface area contributed by atoms with Crippen LogP contribution in [0.1, 0.15) is 5.56 Å². The Balaban J connectivity index is 2.97. The quantitative estimate of drug-likeness (QED) is 0.579. The lowest BCUT2D eigenvalue weighted by atomic mass is 10.2. The molecule has 0 saturated carbocycles. The number of methoxy groups -OCH3 is 1. The number of pyridine rings is 1. The first-order valence-corrected chi connectivity index (χ1v) is 4.18. The van der Waals surface area contributed by atoms with Crippen LogP contribution in [-0.4, -0.2) is 28.2 Å². The van der Waals surface area contributed by atoms with Gasteiger partial charge >= 0.3 is 6.09 Å². The van der Waals surface area contributed by atoms with Crippen LogP contribution in [0, 0.1) is 10.1 Å². The van der Waals surface area contributed by atoms with Gasteiger partial charge in [-0.3, -0.25) is 10.1 Å². The monoisotopic (exact) mass is 227 g/mol. The van der Waals surface area contributed by atoms with Crippen molar-refractivity contribution in [1.82, 2.24) is 10.3 Å². The van der Waals surface area contributed by atoms with E-state index in [0.717, 1.165) is 6.20 Å². The fourth-order valence-corrected chi connectivity index (χ4v) is 1.07. The zero-order chi connectivity index (χ0) is 12.1. The topological polar surface area (TPSA) is 115 Å². The third-order valence-electron chi connectivity index (χ3n) is 1.75. The number of carboxylic acid groups (broad SMARTS) is 1. The van der Waals surface area contributed by atoms with Crippen LogP contribution in [0.4, 0.5) is 10.5 Å². The second-order valence-electron chi connectivity index (χ2n) is 2.78. The van der Waals surface area contributed by atoms with E-state index in [0.29, 0.717) is 5.56 Å². The fourth-order valence-electron chi connectivity index (χ4n) is 1.07. The van der Waals surface area contributed by atoms with Crippen molar-refractivity contribution in [3.63, 3.8) is 0 Å². The van der Waals surface area contributed by atoms with E-state index in [-0.39, 0.29) is 18.1 Å². The van der Waals surface area contributed by atoms with E-state index in [9.17, 15) is 14.9 Å². The van der Waals surface area contributed by atoms with E-state index in [1.165, 1.54) is 13.2 Å². The molecular formula is C8H9N3O5. The van der Waals surface area contributed by atoms with Gasteiger partial charge in [-0.2, -0.15) is 0 Å². The number of nitrogens with one attached hydrogen (secondary N) is 1. The normalized spacial score (nSPS) is 9.56.